The fourth-order valence-corrected chi connectivity index (χ4v) is 3.02. The van der Waals surface area contributed by atoms with E-state index in [1.807, 2.05) is 6.07 Å². The van der Waals surface area contributed by atoms with Crippen molar-refractivity contribution in [3.8, 4) is 0 Å². The SMILES string of the molecule is O=C(O)Cn1cc(S(=O)(=O)Nc2cccc(I)c2)cn1. The van der Waals surface area contributed by atoms with Gasteiger partial charge in [0.15, 0.2) is 0 Å². The summed E-state index contributed by atoms with van der Waals surface area (Å²) in [5.41, 5.74) is 0.433. The average molecular weight is 407 g/mol. The van der Waals surface area contributed by atoms with E-state index in [4.69, 9.17) is 5.11 Å². The maximum Gasteiger partial charge on any atom is 0.325 e. The van der Waals surface area contributed by atoms with Gasteiger partial charge >= 0.3 is 5.97 Å². The van der Waals surface area contributed by atoms with E-state index in [2.05, 4.69) is 32.4 Å². The molecule has 1 aromatic carbocycles. The topological polar surface area (TPSA) is 101 Å². The van der Waals surface area contributed by atoms with E-state index in [9.17, 15) is 13.2 Å². The normalized spacial score (nSPS) is 11.2. The first-order valence-electron chi connectivity index (χ1n) is 5.39. The molecule has 0 atom stereocenters. The second-order valence-corrected chi connectivity index (χ2v) is 6.81. The molecule has 0 aliphatic carbocycles. The minimum atomic E-state index is -3.77. The van der Waals surface area contributed by atoms with Crippen molar-refractivity contribution in [1.82, 2.24) is 9.78 Å². The van der Waals surface area contributed by atoms with Gasteiger partial charge in [-0.1, -0.05) is 6.07 Å². The molecular formula is C11H10IN3O4S. The Morgan fingerprint density at radius 1 is 1.45 bits per heavy atom. The number of nitrogens with one attached hydrogen (secondary N) is 1. The summed E-state index contributed by atoms with van der Waals surface area (Å²) in [6.07, 6.45) is 2.28. The Labute approximate surface area is 128 Å². The molecule has 0 saturated carbocycles. The van der Waals surface area contributed by atoms with Crippen LogP contribution in [0.1, 0.15) is 0 Å². The number of aliphatic carboxylic acids is 1. The van der Waals surface area contributed by atoms with E-state index in [1.165, 1.54) is 6.20 Å². The number of halogens is 1. The first-order chi connectivity index (χ1) is 9.37. The van der Waals surface area contributed by atoms with Crippen LogP contribution in [0.2, 0.25) is 0 Å². The number of carbonyl (C=O) groups is 1. The highest BCUT2D eigenvalue weighted by Crippen LogP contribution is 2.17. The summed E-state index contributed by atoms with van der Waals surface area (Å²) in [7, 11) is -3.77. The molecule has 2 N–H and O–H groups in total. The summed E-state index contributed by atoms with van der Waals surface area (Å²) in [5, 5.41) is 12.3. The molecule has 7 nitrogen and oxygen atoms in total. The zero-order valence-corrected chi connectivity index (χ0v) is 13.0. The van der Waals surface area contributed by atoms with Crippen LogP contribution in [0.5, 0.6) is 0 Å². The Morgan fingerprint density at radius 3 is 2.85 bits per heavy atom. The predicted octanol–water partition coefficient (Wildman–Crippen LogP) is 1.37. The van der Waals surface area contributed by atoms with Gasteiger partial charge in [0.2, 0.25) is 0 Å². The van der Waals surface area contributed by atoms with Crippen LogP contribution in [-0.4, -0.2) is 29.3 Å². The molecule has 0 unspecified atom stereocenters. The van der Waals surface area contributed by atoms with Crippen LogP contribution < -0.4 is 4.72 Å². The van der Waals surface area contributed by atoms with Gasteiger partial charge in [0.1, 0.15) is 11.4 Å². The maximum absolute atomic E-state index is 12.1. The molecule has 106 valence electrons. The zero-order chi connectivity index (χ0) is 14.8. The second-order valence-electron chi connectivity index (χ2n) is 3.88. The molecule has 0 saturated heterocycles. The molecule has 20 heavy (non-hydrogen) atoms. The summed E-state index contributed by atoms with van der Waals surface area (Å²) in [6.45, 7) is -0.390. The van der Waals surface area contributed by atoms with Gasteiger partial charge in [-0.15, -0.1) is 0 Å². The number of carboxylic acids is 1. The maximum atomic E-state index is 12.1. The second kappa shape index (κ2) is 5.79. The Hall–Kier alpha value is -1.62. The van der Waals surface area contributed by atoms with Gasteiger partial charge in [-0.05, 0) is 40.8 Å². The Balaban J connectivity index is 2.22. The monoisotopic (exact) mass is 407 g/mol. The van der Waals surface area contributed by atoms with Gasteiger partial charge in [-0.25, -0.2) is 8.42 Å². The van der Waals surface area contributed by atoms with E-state index in [0.29, 0.717) is 5.69 Å². The lowest BCUT2D eigenvalue weighted by molar-refractivity contribution is -0.137. The molecule has 0 bridgehead atoms. The minimum Gasteiger partial charge on any atom is -0.480 e. The molecular weight excluding hydrogens is 397 g/mol. The first-order valence-corrected chi connectivity index (χ1v) is 7.96. The number of hydrogen-bond donors (Lipinski definition) is 2. The van der Waals surface area contributed by atoms with Gasteiger partial charge < -0.3 is 5.11 Å². The zero-order valence-electron chi connectivity index (χ0n) is 10.0. The van der Waals surface area contributed by atoms with Crippen molar-refractivity contribution in [2.24, 2.45) is 0 Å². The van der Waals surface area contributed by atoms with Crippen LogP contribution in [0.25, 0.3) is 0 Å². The summed E-state index contributed by atoms with van der Waals surface area (Å²) in [5.74, 6) is -1.09. The van der Waals surface area contributed by atoms with Crippen LogP contribution in [0.15, 0.2) is 41.6 Å². The number of anilines is 1. The lowest BCUT2D eigenvalue weighted by Crippen LogP contribution is -2.13. The minimum absolute atomic E-state index is 0.0855. The number of carboxylic acid groups (broad SMARTS) is 1. The fourth-order valence-electron chi connectivity index (χ4n) is 1.47. The van der Waals surface area contributed by atoms with Crippen LogP contribution in [0.3, 0.4) is 0 Å². The number of hydrogen-bond acceptors (Lipinski definition) is 4. The fraction of sp³-hybridized carbons (Fsp3) is 0.0909. The molecule has 9 heteroatoms. The molecule has 2 rings (SSSR count). The molecule has 0 fully saturated rings. The quantitative estimate of drug-likeness (QED) is 0.730. The van der Waals surface area contributed by atoms with Crippen molar-refractivity contribution in [3.63, 3.8) is 0 Å². The molecule has 0 aliphatic heterocycles. The molecule has 2 aromatic rings. The molecule has 1 aromatic heterocycles. The summed E-state index contributed by atoms with van der Waals surface area (Å²) < 4.78 is 28.5. The standard InChI is InChI=1S/C11H10IN3O4S/c12-8-2-1-3-9(4-8)14-20(18,19)10-5-13-15(6-10)7-11(16)17/h1-6,14H,7H2,(H,16,17). The van der Waals surface area contributed by atoms with E-state index >= 15 is 0 Å². The number of sulfonamides is 1. The van der Waals surface area contributed by atoms with Crippen LogP contribution in [0.4, 0.5) is 5.69 Å². The Bertz CT molecular complexity index is 742. The largest absolute Gasteiger partial charge is 0.480 e. The molecule has 0 radical (unpaired) electrons. The van der Waals surface area contributed by atoms with Crippen molar-refractivity contribution in [2.45, 2.75) is 11.4 Å². The van der Waals surface area contributed by atoms with Crippen LogP contribution in [0, 0.1) is 3.57 Å². The van der Waals surface area contributed by atoms with E-state index in [1.54, 1.807) is 18.2 Å². The average Bonchev–Trinajstić information content (AvgIpc) is 2.76. The molecule has 0 aliphatic rings. The lowest BCUT2D eigenvalue weighted by atomic mass is 10.3. The summed E-state index contributed by atoms with van der Waals surface area (Å²) in [6, 6.07) is 6.87. The predicted molar refractivity (Wildman–Crippen MR) is 79.8 cm³/mol. The summed E-state index contributed by atoms with van der Waals surface area (Å²) >= 11 is 2.07. The lowest BCUT2D eigenvalue weighted by Gasteiger charge is -2.06. The Morgan fingerprint density at radius 2 is 2.20 bits per heavy atom. The van der Waals surface area contributed by atoms with Gasteiger partial charge in [0, 0.05) is 15.5 Å². The highest BCUT2D eigenvalue weighted by atomic mass is 127. The Kier molecular flexibility index (Phi) is 4.28. The van der Waals surface area contributed by atoms with Crippen LogP contribution >= 0.6 is 22.6 Å². The molecule has 1 heterocycles. The third kappa shape index (κ3) is 3.70. The van der Waals surface area contributed by atoms with Gasteiger partial charge in [-0.2, -0.15) is 5.10 Å². The highest BCUT2D eigenvalue weighted by Gasteiger charge is 2.17. The van der Waals surface area contributed by atoms with Crippen molar-refractivity contribution in [3.05, 3.63) is 40.2 Å². The van der Waals surface area contributed by atoms with E-state index in [0.717, 1.165) is 14.4 Å². The molecule has 0 spiro atoms. The van der Waals surface area contributed by atoms with Crippen LogP contribution in [-0.2, 0) is 21.4 Å². The number of benzene rings is 1. The van der Waals surface area contributed by atoms with Crippen molar-refractivity contribution >= 4 is 44.3 Å². The van der Waals surface area contributed by atoms with Gasteiger partial charge in [0.25, 0.3) is 10.0 Å². The van der Waals surface area contributed by atoms with E-state index < -0.39 is 22.5 Å². The molecule has 0 amide bonds. The number of rotatable bonds is 5. The van der Waals surface area contributed by atoms with Gasteiger partial charge in [-0.3, -0.25) is 14.2 Å². The summed E-state index contributed by atoms with van der Waals surface area (Å²) in [4.78, 5) is 10.4. The number of aromatic nitrogens is 2. The van der Waals surface area contributed by atoms with Gasteiger partial charge in [0.05, 0.1) is 6.20 Å². The third-order valence-corrected chi connectivity index (χ3v) is 4.30. The first kappa shape index (κ1) is 14.8. The third-order valence-electron chi connectivity index (χ3n) is 2.29. The highest BCUT2D eigenvalue weighted by molar-refractivity contribution is 14.1. The van der Waals surface area contributed by atoms with Crippen molar-refractivity contribution < 1.29 is 18.3 Å². The van der Waals surface area contributed by atoms with Crippen molar-refractivity contribution in [2.75, 3.05) is 4.72 Å². The number of nitrogens with zero attached hydrogens (tertiary/aromatic N) is 2. The van der Waals surface area contributed by atoms with Crippen molar-refractivity contribution in [1.29, 1.82) is 0 Å². The van der Waals surface area contributed by atoms with E-state index in [-0.39, 0.29) is 4.90 Å². The smallest absolute Gasteiger partial charge is 0.325 e.